The first-order valence-corrected chi connectivity index (χ1v) is 5.57. The Hall–Kier alpha value is -0.730. The third-order valence-corrected chi connectivity index (χ3v) is 2.39. The predicted octanol–water partition coefficient (Wildman–Crippen LogP) is 3.10. The van der Waals surface area contributed by atoms with Crippen molar-refractivity contribution in [1.29, 1.82) is 0 Å². The molecule has 0 aromatic heterocycles. The fourth-order valence-electron chi connectivity index (χ4n) is 1.48. The van der Waals surface area contributed by atoms with Crippen LogP contribution in [0.15, 0.2) is 18.2 Å². The Kier molecular flexibility index (Phi) is 7.18. The fraction of sp³-hybridized carbons (Fsp3) is 0.538. The zero-order chi connectivity index (χ0) is 11.3. The summed E-state index contributed by atoms with van der Waals surface area (Å²) in [5.74, 6) is 1.000. The van der Waals surface area contributed by atoms with Crippen LogP contribution in [0.2, 0.25) is 0 Å². The van der Waals surface area contributed by atoms with Crippen LogP contribution in [0.4, 0.5) is 0 Å². The SMILES string of the molecule is CCN[C@H](C)COc1cc(C)ccc1C.Cl. The molecular weight excluding hydrogens is 222 g/mol. The summed E-state index contributed by atoms with van der Waals surface area (Å²) in [5.41, 5.74) is 2.44. The fourth-order valence-corrected chi connectivity index (χ4v) is 1.48. The highest BCUT2D eigenvalue weighted by Gasteiger charge is 2.03. The molecule has 1 atom stereocenters. The first-order valence-electron chi connectivity index (χ1n) is 5.57. The topological polar surface area (TPSA) is 21.3 Å². The molecule has 92 valence electrons. The zero-order valence-electron chi connectivity index (χ0n) is 10.5. The van der Waals surface area contributed by atoms with E-state index in [1.807, 2.05) is 0 Å². The molecule has 0 saturated carbocycles. The molecule has 1 aromatic rings. The van der Waals surface area contributed by atoms with E-state index in [0.717, 1.165) is 18.9 Å². The van der Waals surface area contributed by atoms with Crippen molar-refractivity contribution in [3.05, 3.63) is 29.3 Å². The van der Waals surface area contributed by atoms with Gasteiger partial charge in [-0.2, -0.15) is 0 Å². The Labute approximate surface area is 105 Å². The summed E-state index contributed by atoms with van der Waals surface area (Å²) in [6.45, 7) is 10.1. The lowest BCUT2D eigenvalue weighted by molar-refractivity contribution is 0.273. The zero-order valence-corrected chi connectivity index (χ0v) is 11.4. The third-order valence-electron chi connectivity index (χ3n) is 2.39. The van der Waals surface area contributed by atoms with Gasteiger partial charge in [-0.25, -0.2) is 0 Å². The van der Waals surface area contributed by atoms with E-state index < -0.39 is 0 Å². The molecule has 16 heavy (non-hydrogen) atoms. The number of ether oxygens (including phenoxy) is 1. The molecule has 1 rings (SSSR count). The van der Waals surface area contributed by atoms with Crippen molar-refractivity contribution in [3.63, 3.8) is 0 Å². The van der Waals surface area contributed by atoms with Crippen LogP contribution in [-0.4, -0.2) is 19.2 Å². The highest BCUT2D eigenvalue weighted by Crippen LogP contribution is 2.19. The summed E-state index contributed by atoms with van der Waals surface area (Å²) < 4.78 is 5.77. The molecule has 1 aromatic carbocycles. The van der Waals surface area contributed by atoms with Gasteiger partial charge in [0.1, 0.15) is 12.4 Å². The molecule has 0 amide bonds. The van der Waals surface area contributed by atoms with Crippen molar-refractivity contribution in [3.8, 4) is 5.75 Å². The Morgan fingerprint density at radius 2 is 2.00 bits per heavy atom. The number of nitrogens with one attached hydrogen (secondary N) is 1. The molecule has 0 spiro atoms. The van der Waals surface area contributed by atoms with Gasteiger partial charge >= 0.3 is 0 Å². The number of likely N-dealkylation sites (N-methyl/N-ethyl adjacent to an activating group) is 1. The lowest BCUT2D eigenvalue weighted by Gasteiger charge is -2.15. The van der Waals surface area contributed by atoms with Crippen LogP contribution < -0.4 is 10.1 Å². The number of halogens is 1. The number of benzene rings is 1. The van der Waals surface area contributed by atoms with Crippen LogP contribution in [0.5, 0.6) is 5.75 Å². The lowest BCUT2D eigenvalue weighted by atomic mass is 10.1. The minimum atomic E-state index is 0. The normalized spacial score (nSPS) is 11.8. The summed E-state index contributed by atoms with van der Waals surface area (Å²) in [6, 6.07) is 6.70. The molecule has 0 radical (unpaired) electrons. The van der Waals surface area contributed by atoms with Crippen molar-refractivity contribution in [2.45, 2.75) is 33.7 Å². The van der Waals surface area contributed by atoms with Crippen LogP contribution in [0.25, 0.3) is 0 Å². The van der Waals surface area contributed by atoms with Crippen LogP contribution in [0.3, 0.4) is 0 Å². The maximum atomic E-state index is 5.77. The molecular formula is C13H22ClNO. The van der Waals surface area contributed by atoms with Gasteiger partial charge in [-0.3, -0.25) is 0 Å². The van der Waals surface area contributed by atoms with Crippen molar-refractivity contribution in [1.82, 2.24) is 5.32 Å². The van der Waals surface area contributed by atoms with E-state index in [4.69, 9.17) is 4.74 Å². The van der Waals surface area contributed by atoms with E-state index in [1.165, 1.54) is 11.1 Å². The number of hydrogen-bond donors (Lipinski definition) is 1. The van der Waals surface area contributed by atoms with Crippen LogP contribution in [0, 0.1) is 13.8 Å². The number of hydrogen-bond acceptors (Lipinski definition) is 2. The predicted molar refractivity (Wildman–Crippen MR) is 71.8 cm³/mol. The summed E-state index contributed by atoms with van der Waals surface area (Å²) >= 11 is 0. The van der Waals surface area contributed by atoms with E-state index in [9.17, 15) is 0 Å². The van der Waals surface area contributed by atoms with E-state index in [0.29, 0.717) is 6.04 Å². The third kappa shape index (κ3) is 4.86. The first kappa shape index (κ1) is 15.3. The number of aryl methyl sites for hydroxylation is 2. The maximum Gasteiger partial charge on any atom is 0.122 e. The van der Waals surface area contributed by atoms with Crippen LogP contribution in [0.1, 0.15) is 25.0 Å². The van der Waals surface area contributed by atoms with E-state index in [1.54, 1.807) is 0 Å². The largest absolute Gasteiger partial charge is 0.492 e. The van der Waals surface area contributed by atoms with E-state index in [2.05, 4.69) is 51.2 Å². The summed E-state index contributed by atoms with van der Waals surface area (Å²) in [5, 5.41) is 3.32. The molecule has 0 aliphatic rings. The highest BCUT2D eigenvalue weighted by molar-refractivity contribution is 5.85. The molecule has 2 nitrogen and oxygen atoms in total. The number of rotatable bonds is 5. The van der Waals surface area contributed by atoms with Crippen molar-refractivity contribution < 1.29 is 4.74 Å². The average molecular weight is 244 g/mol. The summed E-state index contributed by atoms with van der Waals surface area (Å²) in [4.78, 5) is 0. The minimum absolute atomic E-state index is 0. The van der Waals surface area contributed by atoms with Gasteiger partial charge in [0.15, 0.2) is 0 Å². The van der Waals surface area contributed by atoms with Gasteiger partial charge in [-0.15, -0.1) is 12.4 Å². The summed E-state index contributed by atoms with van der Waals surface area (Å²) in [6.07, 6.45) is 0. The monoisotopic (exact) mass is 243 g/mol. The molecule has 0 bridgehead atoms. The average Bonchev–Trinajstić information content (AvgIpc) is 2.20. The van der Waals surface area contributed by atoms with Gasteiger partial charge < -0.3 is 10.1 Å². The second-order valence-corrected chi connectivity index (χ2v) is 4.04. The lowest BCUT2D eigenvalue weighted by Crippen LogP contribution is -2.31. The first-order chi connectivity index (χ1) is 7.13. The van der Waals surface area contributed by atoms with Gasteiger partial charge in [0.25, 0.3) is 0 Å². The Morgan fingerprint density at radius 3 is 2.62 bits per heavy atom. The molecule has 3 heteroatoms. The molecule has 0 aliphatic heterocycles. The quantitative estimate of drug-likeness (QED) is 0.858. The van der Waals surface area contributed by atoms with Crippen LogP contribution in [-0.2, 0) is 0 Å². The molecule has 0 fully saturated rings. The summed E-state index contributed by atoms with van der Waals surface area (Å²) in [7, 11) is 0. The Balaban J connectivity index is 0.00000225. The smallest absolute Gasteiger partial charge is 0.122 e. The molecule has 0 saturated heterocycles. The van der Waals surface area contributed by atoms with Crippen molar-refractivity contribution >= 4 is 12.4 Å². The molecule has 0 unspecified atom stereocenters. The van der Waals surface area contributed by atoms with E-state index in [-0.39, 0.29) is 12.4 Å². The van der Waals surface area contributed by atoms with Crippen molar-refractivity contribution in [2.75, 3.05) is 13.2 Å². The van der Waals surface area contributed by atoms with Gasteiger partial charge in [0.2, 0.25) is 0 Å². The van der Waals surface area contributed by atoms with E-state index >= 15 is 0 Å². The molecule has 0 heterocycles. The second-order valence-electron chi connectivity index (χ2n) is 4.04. The van der Waals surface area contributed by atoms with Gasteiger partial charge in [-0.1, -0.05) is 19.1 Å². The van der Waals surface area contributed by atoms with Crippen molar-refractivity contribution in [2.24, 2.45) is 0 Å². The Morgan fingerprint density at radius 1 is 1.31 bits per heavy atom. The Bertz CT molecular complexity index is 315. The molecule has 1 N–H and O–H groups in total. The molecule has 0 aliphatic carbocycles. The highest BCUT2D eigenvalue weighted by atomic mass is 35.5. The van der Waals surface area contributed by atoms with Gasteiger partial charge in [0, 0.05) is 6.04 Å². The van der Waals surface area contributed by atoms with Gasteiger partial charge in [0.05, 0.1) is 0 Å². The maximum absolute atomic E-state index is 5.77. The standard InChI is InChI=1S/C13H21NO.ClH/c1-5-14-12(4)9-15-13-8-10(2)6-7-11(13)3;/h6-8,12,14H,5,9H2,1-4H3;1H/t12-;/m1./s1. The van der Waals surface area contributed by atoms with Crippen LogP contribution >= 0.6 is 12.4 Å². The second kappa shape index (κ2) is 7.53. The van der Waals surface area contributed by atoms with Gasteiger partial charge in [-0.05, 0) is 44.5 Å². The minimum Gasteiger partial charge on any atom is -0.492 e.